The van der Waals surface area contributed by atoms with Crippen LogP contribution in [0.5, 0.6) is 0 Å². The van der Waals surface area contributed by atoms with Crippen molar-refractivity contribution in [1.82, 2.24) is 10.6 Å². The highest BCUT2D eigenvalue weighted by Gasteiger charge is 2.26. The Bertz CT molecular complexity index is 448. The number of rotatable bonds is 4. The van der Waals surface area contributed by atoms with E-state index in [-0.39, 0.29) is 18.0 Å². The fourth-order valence-electron chi connectivity index (χ4n) is 2.38. The van der Waals surface area contributed by atoms with Crippen molar-refractivity contribution in [3.05, 3.63) is 29.8 Å². The van der Waals surface area contributed by atoms with Crippen LogP contribution < -0.4 is 10.6 Å². The Morgan fingerprint density at radius 1 is 1.42 bits per heavy atom. The Hall–Kier alpha value is -1.00. The highest BCUT2D eigenvalue weighted by atomic mass is 32.2. The molecule has 0 saturated heterocycles. The molecule has 1 aromatic carbocycles. The molecule has 1 aromatic rings. The number of amides is 1. The third kappa shape index (κ3) is 3.74. The molecule has 0 bridgehead atoms. The first-order chi connectivity index (χ1) is 9.08. The Labute approximate surface area is 119 Å². The Kier molecular flexibility index (Phi) is 4.88. The minimum atomic E-state index is 0.0675. The third-order valence-corrected chi connectivity index (χ3v) is 4.63. The minimum Gasteiger partial charge on any atom is -0.353 e. The van der Waals surface area contributed by atoms with Crippen molar-refractivity contribution in [3.63, 3.8) is 0 Å². The summed E-state index contributed by atoms with van der Waals surface area (Å²) < 4.78 is 0. The quantitative estimate of drug-likeness (QED) is 0.889. The minimum absolute atomic E-state index is 0.0675. The normalized spacial score (nSPS) is 22.1. The molecule has 4 heteroatoms. The van der Waals surface area contributed by atoms with Gasteiger partial charge in [-0.3, -0.25) is 4.79 Å². The number of nitrogens with one attached hydrogen (secondary N) is 2. The monoisotopic (exact) mass is 278 g/mol. The van der Waals surface area contributed by atoms with Crippen LogP contribution in [0.15, 0.2) is 29.2 Å². The van der Waals surface area contributed by atoms with Gasteiger partial charge in [0, 0.05) is 22.7 Å². The van der Waals surface area contributed by atoms with Crippen LogP contribution in [-0.2, 0) is 4.79 Å². The zero-order valence-electron chi connectivity index (χ0n) is 11.8. The lowest BCUT2D eigenvalue weighted by Gasteiger charge is -2.31. The number of thioether (sulfide) groups is 1. The molecule has 1 heterocycles. The molecule has 1 aliphatic heterocycles. The second-order valence-corrected chi connectivity index (χ2v) is 6.47. The second kappa shape index (κ2) is 6.44. The molecule has 1 amide bonds. The van der Waals surface area contributed by atoms with Crippen molar-refractivity contribution in [2.24, 2.45) is 5.92 Å². The number of benzene rings is 1. The van der Waals surface area contributed by atoms with Crippen LogP contribution in [0.2, 0.25) is 0 Å². The van der Waals surface area contributed by atoms with Crippen molar-refractivity contribution in [3.8, 4) is 0 Å². The van der Waals surface area contributed by atoms with E-state index in [2.05, 4.69) is 41.8 Å². The van der Waals surface area contributed by atoms with Gasteiger partial charge in [-0.1, -0.05) is 25.1 Å². The predicted octanol–water partition coefficient (Wildman–Crippen LogP) is 2.58. The largest absolute Gasteiger partial charge is 0.353 e. The molecule has 0 saturated carbocycles. The molecule has 0 spiro atoms. The van der Waals surface area contributed by atoms with Crippen molar-refractivity contribution in [1.29, 1.82) is 0 Å². The summed E-state index contributed by atoms with van der Waals surface area (Å²) in [7, 11) is 0. The first-order valence-electron chi connectivity index (χ1n) is 6.82. The van der Waals surface area contributed by atoms with Gasteiger partial charge in [-0.2, -0.15) is 0 Å². The SMILES string of the molecule is CC(C)NC(=O)CN[C@@H]1c2ccccc2SC[C@H]1C. The second-order valence-electron chi connectivity index (χ2n) is 5.41. The van der Waals surface area contributed by atoms with Crippen LogP contribution in [0.4, 0.5) is 0 Å². The van der Waals surface area contributed by atoms with Crippen LogP contribution in [0.25, 0.3) is 0 Å². The standard InChI is InChI=1S/C15H22N2OS/c1-10(2)17-14(18)8-16-15-11(3)9-19-13-7-5-4-6-12(13)15/h4-7,10-11,15-16H,8-9H2,1-3H3,(H,17,18)/t11-,15+/m1/s1. The summed E-state index contributed by atoms with van der Waals surface area (Å²) in [6.07, 6.45) is 0. The fraction of sp³-hybridized carbons (Fsp3) is 0.533. The number of carbonyl (C=O) groups excluding carboxylic acids is 1. The fourth-order valence-corrected chi connectivity index (χ4v) is 3.55. The van der Waals surface area contributed by atoms with Gasteiger partial charge in [0.2, 0.25) is 5.91 Å². The van der Waals surface area contributed by atoms with Gasteiger partial charge in [0.05, 0.1) is 6.54 Å². The molecule has 0 aromatic heterocycles. The van der Waals surface area contributed by atoms with E-state index < -0.39 is 0 Å². The topological polar surface area (TPSA) is 41.1 Å². The van der Waals surface area contributed by atoms with Crippen molar-refractivity contribution >= 4 is 17.7 Å². The van der Waals surface area contributed by atoms with Gasteiger partial charge in [0.25, 0.3) is 0 Å². The van der Waals surface area contributed by atoms with Gasteiger partial charge in [-0.15, -0.1) is 11.8 Å². The molecule has 104 valence electrons. The molecule has 0 unspecified atom stereocenters. The Morgan fingerprint density at radius 3 is 2.89 bits per heavy atom. The van der Waals surface area contributed by atoms with Crippen LogP contribution in [0, 0.1) is 5.92 Å². The summed E-state index contributed by atoms with van der Waals surface area (Å²) >= 11 is 1.90. The molecule has 1 aliphatic rings. The maximum atomic E-state index is 11.7. The molecule has 19 heavy (non-hydrogen) atoms. The lowest BCUT2D eigenvalue weighted by molar-refractivity contribution is -0.120. The van der Waals surface area contributed by atoms with Crippen LogP contribution in [-0.4, -0.2) is 24.2 Å². The zero-order valence-corrected chi connectivity index (χ0v) is 12.6. The van der Waals surface area contributed by atoms with Gasteiger partial charge in [-0.25, -0.2) is 0 Å². The third-order valence-electron chi connectivity index (χ3n) is 3.26. The van der Waals surface area contributed by atoms with Crippen LogP contribution >= 0.6 is 11.8 Å². The van der Waals surface area contributed by atoms with E-state index in [0.29, 0.717) is 12.5 Å². The maximum Gasteiger partial charge on any atom is 0.234 e. The average molecular weight is 278 g/mol. The summed E-state index contributed by atoms with van der Waals surface area (Å²) in [5.74, 6) is 1.70. The van der Waals surface area contributed by atoms with E-state index in [1.54, 1.807) is 0 Å². The molecule has 2 atom stereocenters. The summed E-state index contributed by atoms with van der Waals surface area (Å²) in [5.41, 5.74) is 1.32. The van der Waals surface area contributed by atoms with E-state index in [1.165, 1.54) is 10.5 Å². The van der Waals surface area contributed by atoms with Crippen molar-refractivity contribution in [2.45, 2.75) is 37.8 Å². The van der Waals surface area contributed by atoms with E-state index >= 15 is 0 Å². The summed E-state index contributed by atoms with van der Waals surface area (Å²) in [4.78, 5) is 13.1. The van der Waals surface area contributed by atoms with E-state index in [4.69, 9.17) is 0 Å². The van der Waals surface area contributed by atoms with Gasteiger partial charge >= 0.3 is 0 Å². The summed E-state index contributed by atoms with van der Waals surface area (Å²) in [5, 5.41) is 6.32. The zero-order chi connectivity index (χ0) is 13.8. The Morgan fingerprint density at radius 2 is 2.16 bits per heavy atom. The van der Waals surface area contributed by atoms with Crippen molar-refractivity contribution < 1.29 is 4.79 Å². The van der Waals surface area contributed by atoms with Crippen molar-refractivity contribution in [2.75, 3.05) is 12.3 Å². The smallest absolute Gasteiger partial charge is 0.234 e. The van der Waals surface area contributed by atoms with Gasteiger partial charge < -0.3 is 10.6 Å². The first-order valence-corrected chi connectivity index (χ1v) is 7.81. The highest BCUT2D eigenvalue weighted by Crippen LogP contribution is 2.39. The van der Waals surface area contributed by atoms with Gasteiger partial charge in [0.1, 0.15) is 0 Å². The van der Waals surface area contributed by atoms with E-state index in [1.807, 2.05) is 25.6 Å². The highest BCUT2D eigenvalue weighted by molar-refractivity contribution is 7.99. The van der Waals surface area contributed by atoms with E-state index in [0.717, 1.165) is 5.75 Å². The molecule has 0 fully saturated rings. The number of hydrogen-bond acceptors (Lipinski definition) is 3. The van der Waals surface area contributed by atoms with Gasteiger partial charge in [0.15, 0.2) is 0 Å². The maximum absolute atomic E-state index is 11.7. The lowest BCUT2D eigenvalue weighted by atomic mass is 9.95. The lowest BCUT2D eigenvalue weighted by Crippen LogP contribution is -2.41. The molecule has 3 nitrogen and oxygen atoms in total. The molecule has 2 rings (SSSR count). The molecule has 2 N–H and O–H groups in total. The predicted molar refractivity (Wildman–Crippen MR) is 80.4 cm³/mol. The first kappa shape index (κ1) is 14.4. The Balaban J connectivity index is 2.01. The molecular weight excluding hydrogens is 256 g/mol. The average Bonchev–Trinajstić information content (AvgIpc) is 2.36. The number of hydrogen-bond donors (Lipinski definition) is 2. The molecule has 0 radical (unpaired) electrons. The van der Waals surface area contributed by atoms with Crippen LogP contribution in [0.1, 0.15) is 32.4 Å². The van der Waals surface area contributed by atoms with E-state index in [9.17, 15) is 4.79 Å². The van der Waals surface area contributed by atoms with Gasteiger partial charge in [-0.05, 0) is 31.4 Å². The number of fused-ring (bicyclic) bond motifs is 1. The summed E-state index contributed by atoms with van der Waals surface area (Å²) in [6.45, 7) is 6.58. The molecule has 0 aliphatic carbocycles. The summed E-state index contributed by atoms with van der Waals surface area (Å²) in [6, 6.07) is 8.94. The van der Waals surface area contributed by atoms with Crippen LogP contribution in [0.3, 0.4) is 0 Å². The molecular formula is C15H22N2OS. The number of carbonyl (C=O) groups is 1.